The molecule has 122 valence electrons. The van der Waals surface area contributed by atoms with Gasteiger partial charge in [0.15, 0.2) is 5.13 Å². The number of fused-ring (bicyclic) bond motifs is 1. The summed E-state index contributed by atoms with van der Waals surface area (Å²) < 4.78 is 1.20. The van der Waals surface area contributed by atoms with Gasteiger partial charge in [0.25, 0.3) is 0 Å². The van der Waals surface area contributed by atoms with Gasteiger partial charge >= 0.3 is 0 Å². The van der Waals surface area contributed by atoms with Crippen LogP contribution in [0.5, 0.6) is 0 Å². The molecule has 0 bridgehead atoms. The number of carbonyl (C=O) groups is 1. The Hall–Kier alpha value is -1.66. The normalized spacial score (nSPS) is 25.3. The van der Waals surface area contributed by atoms with Crippen LogP contribution in [0.4, 0.5) is 5.13 Å². The summed E-state index contributed by atoms with van der Waals surface area (Å²) in [4.78, 5) is 21.4. The van der Waals surface area contributed by atoms with Crippen LogP contribution < -0.4 is 4.90 Å². The maximum Gasteiger partial charge on any atom is 0.228 e. The molecule has 0 radical (unpaired) electrons. The van der Waals surface area contributed by atoms with Crippen LogP contribution in [0.3, 0.4) is 0 Å². The fraction of sp³-hybridized carbons (Fsp3) is 0.529. The number of carbonyl (C=O) groups excluding carboxylic acids is 1. The molecule has 0 spiro atoms. The molecule has 23 heavy (non-hydrogen) atoms. The van der Waals surface area contributed by atoms with Gasteiger partial charge in [-0.05, 0) is 31.4 Å². The Bertz CT molecular complexity index is 676. The number of piperazine rings is 1. The van der Waals surface area contributed by atoms with Crippen LogP contribution in [0, 0.1) is 5.92 Å². The third kappa shape index (κ3) is 2.81. The number of aromatic nitrogens is 1. The molecule has 2 unspecified atom stereocenters. The summed E-state index contributed by atoms with van der Waals surface area (Å²) in [5.74, 6) is -0.0389. The number of amides is 1. The van der Waals surface area contributed by atoms with E-state index in [9.17, 15) is 9.90 Å². The lowest BCUT2D eigenvalue weighted by Gasteiger charge is -2.36. The van der Waals surface area contributed by atoms with Gasteiger partial charge in [-0.1, -0.05) is 23.5 Å². The highest BCUT2D eigenvalue weighted by atomic mass is 32.1. The Balaban J connectivity index is 1.41. The van der Waals surface area contributed by atoms with E-state index in [1.165, 1.54) is 4.70 Å². The predicted octanol–water partition coefficient (Wildman–Crippen LogP) is 2.11. The largest absolute Gasteiger partial charge is 0.392 e. The average Bonchev–Trinajstić information content (AvgIpc) is 3.20. The van der Waals surface area contributed by atoms with Crippen LogP contribution >= 0.6 is 11.3 Å². The fourth-order valence-electron chi connectivity index (χ4n) is 3.58. The molecule has 1 saturated heterocycles. The molecule has 1 aliphatic heterocycles. The molecule has 1 aromatic heterocycles. The minimum atomic E-state index is -0.440. The van der Waals surface area contributed by atoms with Crippen LogP contribution in [0.2, 0.25) is 0 Å². The number of nitrogens with zero attached hydrogens (tertiary/aromatic N) is 3. The molecule has 2 aromatic rings. The van der Waals surface area contributed by atoms with E-state index in [4.69, 9.17) is 4.98 Å². The van der Waals surface area contributed by atoms with E-state index < -0.39 is 6.10 Å². The standard InChI is InChI=1S/C17H21N3O2S/c21-14-6-3-4-12(14)16(22)19-8-10-20(11-9-19)17-18-13-5-1-2-7-15(13)23-17/h1-2,5,7,12,14,21H,3-4,6,8-11H2. The third-order valence-electron chi connectivity index (χ3n) is 4.94. The highest BCUT2D eigenvalue weighted by molar-refractivity contribution is 7.22. The van der Waals surface area contributed by atoms with Crippen molar-refractivity contribution in [3.8, 4) is 0 Å². The summed E-state index contributed by atoms with van der Waals surface area (Å²) in [6.07, 6.45) is 2.12. The lowest BCUT2D eigenvalue weighted by molar-refractivity contribution is -0.138. The Morgan fingerprint density at radius 1 is 1.17 bits per heavy atom. The first-order valence-corrected chi connectivity index (χ1v) is 9.11. The number of anilines is 1. The average molecular weight is 331 g/mol. The second-order valence-corrected chi connectivity index (χ2v) is 7.39. The Labute approximate surface area is 139 Å². The first kappa shape index (κ1) is 14.9. The van der Waals surface area contributed by atoms with Gasteiger partial charge in [-0.2, -0.15) is 0 Å². The second-order valence-electron chi connectivity index (χ2n) is 6.38. The monoisotopic (exact) mass is 331 g/mol. The Morgan fingerprint density at radius 3 is 2.65 bits per heavy atom. The van der Waals surface area contributed by atoms with Crippen molar-refractivity contribution in [3.05, 3.63) is 24.3 Å². The van der Waals surface area contributed by atoms with E-state index in [1.54, 1.807) is 11.3 Å². The van der Waals surface area contributed by atoms with Gasteiger partial charge in [0, 0.05) is 26.2 Å². The number of aliphatic hydroxyl groups excluding tert-OH is 1. The van der Waals surface area contributed by atoms with Crippen LogP contribution in [0.15, 0.2) is 24.3 Å². The molecule has 2 fully saturated rings. The molecule has 6 heteroatoms. The van der Waals surface area contributed by atoms with Crippen molar-refractivity contribution in [3.63, 3.8) is 0 Å². The Morgan fingerprint density at radius 2 is 1.96 bits per heavy atom. The second kappa shape index (κ2) is 6.09. The summed E-state index contributed by atoms with van der Waals surface area (Å²) in [6.45, 7) is 3.07. The number of benzene rings is 1. The van der Waals surface area contributed by atoms with Crippen molar-refractivity contribution in [2.24, 2.45) is 5.92 Å². The quantitative estimate of drug-likeness (QED) is 0.916. The van der Waals surface area contributed by atoms with Gasteiger partial charge in [-0.15, -0.1) is 0 Å². The molecule has 1 amide bonds. The molecular weight excluding hydrogens is 310 g/mol. The fourth-order valence-corrected chi connectivity index (χ4v) is 4.59. The van der Waals surface area contributed by atoms with Crippen molar-refractivity contribution in [1.29, 1.82) is 0 Å². The van der Waals surface area contributed by atoms with E-state index >= 15 is 0 Å². The molecule has 2 aliphatic rings. The zero-order valence-electron chi connectivity index (χ0n) is 13.0. The molecule has 1 N–H and O–H groups in total. The maximum absolute atomic E-state index is 12.5. The zero-order chi connectivity index (χ0) is 15.8. The number of hydrogen-bond acceptors (Lipinski definition) is 5. The summed E-state index contributed by atoms with van der Waals surface area (Å²) in [6, 6.07) is 8.18. The van der Waals surface area contributed by atoms with Crippen LogP contribution in [0.25, 0.3) is 10.2 Å². The number of thiazole rings is 1. The van der Waals surface area contributed by atoms with E-state index in [2.05, 4.69) is 11.0 Å². The third-order valence-corrected chi connectivity index (χ3v) is 6.04. The van der Waals surface area contributed by atoms with Gasteiger partial charge in [-0.25, -0.2) is 4.98 Å². The molecule has 2 atom stereocenters. The minimum absolute atomic E-state index is 0.138. The van der Waals surface area contributed by atoms with Crippen molar-refractivity contribution < 1.29 is 9.90 Å². The smallest absolute Gasteiger partial charge is 0.228 e. The molecule has 1 aliphatic carbocycles. The van der Waals surface area contributed by atoms with Crippen molar-refractivity contribution >= 4 is 32.6 Å². The van der Waals surface area contributed by atoms with E-state index in [0.717, 1.165) is 56.1 Å². The van der Waals surface area contributed by atoms with E-state index in [-0.39, 0.29) is 11.8 Å². The molecule has 1 saturated carbocycles. The lowest BCUT2D eigenvalue weighted by Crippen LogP contribution is -2.51. The van der Waals surface area contributed by atoms with Crippen LogP contribution in [0.1, 0.15) is 19.3 Å². The van der Waals surface area contributed by atoms with Crippen molar-refractivity contribution in [1.82, 2.24) is 9.88 Å². The number of rotatable bonds is 2. The molecular formula is C17H21N3O2S. The first-order chi connectivity index (χ1) is 11.2. The Kier molecular flexibility index (Phi) is 3.95. The van der Waals surface area contributed by atoms with Crippen LogP contribution in [-0.4, -0.2) is 53.2 Å². The molecule has 1 aromatic carbocycles. The number of para-hydroxylation sites is 1. The molecule has 2 heterocycles. The lowest BCUT2D eigenvalue weighted by atomic mass is 10.0. The van der Waals surface area contributed by atoms with Crippen molar-refractivity contribution in [2.75, 3.05) is 31.1 Å². The minimum Gasteiger partial charge on any atom is -0.392 e. The summed E-state index contributed by atoms with van der Waals surface area (Å²) in [5.41, 5.74) is 1.04. The van der Waals surface area contributed by atoms with Gasteiger partial charge in [0.05, 0.1) is 22.2 Å². The summed E-state index contributed by atoms with van der Waals surface area (Å²) in [7, 11) is 0. The number of aliphatic hydroxyl groups is 1. The zero-order valence-corrected chi connectivity index (χ0v) is 13.8. The van der Waals surface area contributed by atoms with Gasteiger partial charge in [0.1, 0.15) is 0 Å². The van der Waals surface area contributed by atoms with E-state index in [1.807, 2.05) is 23.1 Å². The SMILES string of the molecule is O=C(C1CCCC1O)N1CCN(c2nc3ccccc3s2)CC1. The first-order valence-electron chi connectivity index (χ1n) is 8.30. The van der Waals surface area contributed by atoms with E-state index in [0.29, 0.717) is 0 Å². The molecule has 4 rings (SSSR count). The molecule has 5 nitrogen and oxygen atoms in total. The van der Waals surface area contributed by atoms with Gasteiger partial charge in [0.2, 0.25) is 5.91 Å². The van der Waals surface area contributed by atoms with Crippen molar-refractivity contribution in [2.45, 2.75) is 25.4 Å². The topological polar surface area (TPSA) is 56.7 Å². The highest BCUT2D eigenvalue weighted by Crippen LogP contribution is 2.30. The summed E-state index contributed by atoms with van der Waals surface area (Å²) >= 11 is 1.71. The van der Waals surface area contributed by atoms with Gasteiger partial charge < -0.3 is 14.9 Å². The highest BCUT2D eigenvalue weighted by Gasteiger charge is 2.35. The summed E-state index contributed by atoms with van der Waals surface area (Å²) in [5, 5.41) is 11.0. The van der Waals surface area contributed by atoms with Gasteiger partial charge in [-0.3, -0.25) is 4.79 Å². The van der Waals surface area contributed by atoms with Crippen LogP contribution in [-0.2, 0) is 4.79 Å². The number of hydrogen-bond donors (Lipinski definition) is 1. The maximum atomic E-state index is 12.5. The predicted molar refractivity (Wildman–Crippen MR) is 91.8 cm³/mol.